The predicted molar refractivity (Wildman–Crippen MR) is 68.3 cm³/mol. The van der Waals surface area contributed by atoms with E-state index >= 15 is 0 Å². The summed E-state index contributed by atoms with van der Waals surface area (Å²) in [6, 6.07) is 3.90. The number of hydrogen-bond donors (Lipinski definition) is 1. The van der Waals surface area contributed by atoms with Crippen LogP contribution in [-0.4, -0.2) is 31.4 Å². The van der Waals surface area contributed by atoms with Crippen LogP contribution < -0.4 is 10.1 Å². The van der Waals surface area contributed by atoms with Crippen LogP contribution in [0, 0.1) is 0 Å². The quantitative estimate of drug-likeness (QED) is 0.800. The summed E-state index contributed by atoms with van der Waals surface area (Å²) in [5, 5.41) is 3.08. The molecule has 1 unspecified atom stereocenters. The maximum atomic E-state index is 11.2. The van der Waals surface area contributed by atoms with E-state index in [4.69, 9.17) is 4.74 Å². The molecule has 6 nitrogen and oxygen atoms in total. The summed E-state index contributed by atoms with van der Waals surface area (Å²) < 4.78 is 24.1. The van der Waals surface area contributed by atoms with Gasteiger partial charge < -0.3 is 14.6 Å². The maximum absolute atomic E-state index is 11.2. The summed E-state index contributed by atoms with van der Waals surface area (Å²) in [5.74, 6) is 0.787. The standard InChI is InChI=1S/C11H14N4O2S/c1-2-17-11-10(14-18(16)15-11)13-8-5-9-3-6-12-7-4-9/h3-4,6-7H,2,5,8H2,1H3,(H,13,14). The van der Waals surface area contributed by atoms with Gasteiger partial charge in [-0.2, -0.15) is 0 Å². The summed E-state index contributed by atoms with van der Waals surface area (Å²) >= 11 is -1.55. The molecule has 0 saturated heterocycles. The number of anilines is 1. The highest BCUT2D eigenvalue weighted by atomic mass is 32.2. The van der Waals surface area contributed by atoms with Crippen molar-refractivity contribution in [3.05, 3.63) is 30.1 Å². The predicted octanol–water partition coefficient (Wildman–Crippen LogP) is 1.65. The second kappa shape index (κ2) is 6.27. The fourth-order valence-electron chi connectivity index (χ4n) is 1.47. The van der Waals surface area contributed by atoms with E-state index in [1.807, 2.05) is 19.1 Å². The van der Waals surface area contributed by atoms with Crippen molar-refractivity contribution in [3.8, 4) is 5.88 Å². The van der Waals surface area contributed by atoms with Gasteiger partial charge in [-0.3, -0.25) is 4.98 Å². The van der Waals surface area contributed by atoms with Crippen molar-refractivity contribution in [1.82, 2.24) is 13.7 Å². The molecule has 2 aromatic rings. The number of rotatable bonds is 6. The van der Waals surface area contributed by atoms with Crippen LogP contribution in [0.25, 0.3) is 0 Å². The monoisotopic (exact) mass is 266 g/mol. The third-order valence-corrected chi connectivity index (χ3v) is 2.93. The molecule has 0 amide bonds. The summed E-state index contributed by atoms with van der Waals surface area (Å²) in [5.41, 5.74) is 1.17. The molecule has 0 saturated carbocycles. The van der Waals surface area contributed by atoms with Gasteiger partial charge in [0.15, 0.2) is 11.1 Å². The van der Waals surface area contributed by atoms with E-state index in [0.717, 1.165) is 6.42 Å². The van der Waals surface area contributed by atoms with E-state index < -0.39 is 11.1 Å². The fourth-order valence-corrected chi connectivity index (χ4v) is 2.09. The van der Waals surface area contributed by atoms with Gasteiger partial charge in [0.05, 0.1) is 6.61 Å². The first kappa shape index (κ1) is 12.7. The third kappa shape index (κ3) is 3.38. The molecule has 0 bridgehead atoms. The Morgan fingerprint density at radius 1 is 1.33 bits per heavy atom. The molecule has 0 aliphatic carbocycles. The Kier molecular flexibility index (Phi) is 4.43. The molecule has 2 aromatic heterocycles. The lowest BCUT2D eigenvalue weighted by Crippen LogP contribution is -2.06. The first-order chi connectivity index (χ1) is 8.79. The van der Waals surface area contributed by atoms with Crippen LogP contribution in [0.3, 0.4) is 0 Å². The molecule has 0 aliphatic rings. The van der Waals surface area contributed by atoms with Crippen LogP contribution in [0.2, 0.25) is 0 Å². The van der Waals surface area contributed by atoms with Crippen LogP contribution in [-0.2, 0) is 6.42 Å². The zero-order valence-electron chi connectivity index (χ0n) is 10.00. The van der Waals surface area contributed by atoms with E-state index in [9.17, 15) is 4.55 Å². The molecular weight excluding hydrogens is 252 g/mol. The lowest BCUT2D eigenvalue weighted by atomic mass is 10.2. The van der Waals surface area contributed by atoms with Crippen LogP contribution in [0.15, 0.2) is 24.5 Å². The molecule has 1 N–H and O–H groups in total. The number of nitrogens with zero attached hydrogens (tertiary/aromatic N) is 3. The smallest absolute Gasteiger partial charge is 0.318 e. The number of ether oxygens (including phenoxy) is 1. The van der Waals surface area contributed by atoms with Gasteiger partial charge in [-0.05, 0) is 31.0 Å². The topological polar surface area (TPSA) is 83.0 Å². The molecule has 0 aliphatic heterocycles. The lowest BCUT2D eigenvalue weighted by Gasteiger charge is -2.03. The molecular formula is C11H14N4O2S. The molecule has 96 valence electrons. The Bertz CT molecular complexity index is 489. The number of pyridine rings is 1. The molecule has 18 heavy (non-hydrogen) atoms. The van der Waals surface area contributed by atoms with E-state index in [0.29, 0.717) is 24.8 Å². The van der Waals surface area contributed by atoms with Crippen LogP contribution in [0.4, 0.5) is 5.82 Å². The van der Waals surface area contributed by atoms with Gasteiger partial charge in [0, 0.05) is 27.7 Å². The van der Waals surface area contributed by atoms with Crippen molar-refractivity contribution in [3.63, 3.8) is 0 Å². The Morgan fingerprint density at radius 3 is 2.83 bits per heavy atom. The number of hydrogen-bond acceptors (Lipinski definition) is 6. The highest BCUT2D eigenvalue weighted by Crippen LogP contribution is 2.24. The minimum atomic E-state index is -1.55. The van der Waals surface area contributed by atoms with Crippen molar-refractivity contribution < 1.29 is 9.29 Å². The average Bonchev–Trinajstić information content (AvgIpc) is 2.72. The molecule has 7 heteroatoms. The summed E-state index contributed by atoms with van der Waals surface area (Å²) in [7, 11) is 0. The minimum Gasteiger partial charge on any atom is -0.546 e. The van der Waals surface area contributed by atoms with E-state index in [2.05, 4.69) is 19.0 Å². The van der Waals surface area contributed by atoms with Crippen molar-refractivity contribution in [2.45, 2.75) is 13.3 Å². The minimum absolute atomic E-state index is 0.325. The van der Waals surface area contributed by atoms with Gasteiger partial charge in [0.25, 0.3) is 5.82 Å². The summed E-state index contributed by atoms with van der Waals surface area (Å²) in [6.45, 7) is 2.99. The van der Waals surface area contributed by atoms with Crippen molar-refractivity contribution >= 4 is 17.0 Å². The van der Waals surface area contributed by atoms with Gasteiger partial charge in [0.2, 0.25) is 0 Å². The van der Waals surface area contributed by atoms with Gasteiger partial charge in [-0.25, -0.2) is 0 Å². The van der Waals surface area contributed by atoms with Gasteiger partial charge in [-0.1, -0.05) is 0 Å². The second-order valence-corrected chi connectivity index (χ2v) is 4.36. The Balaban J connectivity index is 1.90. The van der Waals surface area contributed by atoms with Gasteiger partial charge >= 0.3 is 5.88 Å². The number of aromatic nitrogens is 3. The zero-order valence-corrected chi connectivity index (χ0v) is 10.8. The second-order valence-electron chi connectivity index (χ2n) is 3.53. The van der Waals surface area contributed by atoms with E-state index in [-0.39, 0.29) is 0 Å². The van der Waals surface area contributed by atoms with Crippen molar-refractivity contribution in [1.29, 1.82) is 0 Å². The Hall–Kier alpha value is -1.73. The molecule has 0 radical (unpaired) electrons. The Labute approximate surface area is 108 Å². The van der Waals surface area contributed by atoms with Crippen molar-refractivity contribution in [2.24, 2.45) is 0 Å². The fraction of sp³-hybridized carbons (Fsp3) is 0.364. The molecule has 0 aromatic carbocycles. The molecule has 2 heterocycles. The zero-order chi connectivity index (χ0) is 12.8. The largest absolute Gasteiger partial charge is 0.546 e. The Morgan fingerprint density at radius 2 is 2.11 bits per heavy atom. The van der Waals surface area contributed by atoms with E-state index in [1.165, 1.54) is 5.56 Å². The molecule has 0 fully saturated rings. The van der Waals surface area contributed by atoms with Crippen LogP contribution in [0.1, 0.15) is 12.5 Å². The average molecular weight is 266 g/mol. The van der Waals surface area contributed by atoms with Gasteiger partial charge in [-0.15, -0.1) is 0 Å². The summed E-state index contributed by atoms with van der Waals surface area (Å²) in [4.78, 5) is 3.95. The lowest BCUT2D eigenvalue weighted by molar-refractivity contribution is 0.331. The third-order valence-electron chi connectivity index (χ3n) is 2.27. The molecule has 2 rings (SSSR count). The van der Waals surface area contributed by atoms with Crippen LogP contribution in [0.5, 0.6) is 5.88 Å². The SMILES string of the molecule is CCOc1n[s+]([O-])nc1NCCc1ccncc1. The molecule has 1 atom stereocenters. The van der Waals surface area contributed by atoms with Crippen LogP contribution >= 0.6 is 11.1 Å². The van der Waals surface area contributed by atoms with Crippen molar-refractivity contribution in [2.75, 3.05) is 18.5 Å². The summed E-state index contributed by atoms with van der Waals surface area (Å²) in [6.07, 6.45) is 4.34. The maximum Gasteiger partial charge on any atom is 0.318 e. The normalized spacial score (nSPS) is 11.3. The number of nitrogens with one attached hydrogen (secondary N) is 1. The first-order valence-corrected chi connectivity index (χ1v) is 6.71. The highest BCUT2D eigenvalue weighted by Gasteiger charge is 2.15. The molecule has 0 spiro atoms. The van der Waals surface area contributed by atoms with Gasteiger partial charge in [0.1, 0.15) is 0 Å². The van der Waals surface area contributed by atoms with E-state index in [1.54, 1.807) is 12.4 Å². The highest BCUT2D eigenvalue weighted by molar-refractivity contribution is 7.14. The first-order valence-electron chi connectivity index (χ1n) is 5.65.